The molecule has 5 rings (SSSR count). The van der Waals surface area contributed by atoms with E-state index in [0.717, 1.165) is 41.4 Å². The fourth-order valence-corrected chi connectivity index (χ4v) is 4.99. The standard InChI is InChI=1S/C25H24F2N4O/c1-15-11-17(3-8-21(15)30-13-16(2)28-14-30)12-18-4-5-19-6-9-22(31(19)25(18)32)20-7-10-23(26)29-24(20)27/h3,7-8,10-14,19,22H,4-6,9H2,1-2H3/b18-12+/t19-,22-/m0/s1. The van der Waals surface area contributed by atoms with Crippen molar-refractivity contribution in [3.8, 4) is 5.69 Å². The number of piperidine rings is 1. The molecule has 2 aliphatic rings. The number of carbonyl (C=O) groups excluding carboxylic acids is 1. The number of aromatic nitrogens is 3. The number of amides is 1. The Morgan fingerprint density at radius 3 is 2.66 bits per heavy atom. The lowest BCUT2D eigenvalue weighted by molar-refractivity contribution is -0.131. The van der Waals surface area contributed by atoms with E-state index in [1.54, 1.807) is 11.2 Å². The van der Waals surface area contributed by atoms with Gasteiger partial charge >= 0.3 is 0 Å². The monoisotopic (exact) mass is 434 g/mol. The van der Waals surface area contributed by atoms with Crippen LogP contribution in [0.3, 0.4) is 0 Å². The maximum atomic E-state index is 14.3. The van der Waals surface area contributed by atoms with Crippen LogP contribution in [0.5, 0.6) is 0 Å². The molecule has 2 saturated heterocycles. The average molecular weight is 434 g/mol. The molecule has 2 aromatic heterocycles. The molecule has 3 aromatic rings. The van der Waals surface area contributed by atoms with Crippen LogP contribution < -0.4 is 0 Å². The highest BCUT2D eigenvalue weighted by Gasteiger charge is 2.42. The Labute approximate surface area is 185 Å². The van der Waals surface area contributed by atoms with Crippen LogP contribution in [0.15, 0.2) is 48.4 Å². The second-order valence-electron chi connectivity index (χ2n) is 8.65. The molecule has 0 aliphatic carbocycles. The number of nitrogens with zero attached hydrogens (tertiary/aromatic N) is 4. The molecule has 7 heteroatoms. The zero-order chi connectivity index (χ0) is 22.4. The molecular weight excluding hydrogens is 410 g/mol. The van der Waals surface area contributed by atoms with E-state index in [2.05, 4.69) is 16.0 Å². The summed E-state index contributed by atoms with van der Waals surface area (Å²) in [6, 6.07) is 8.33. The fraction of sp³-hybridized carbons (Fsp3) is 0.320. The molecular formula is C25H24F2N4O. The van der Waals surface area contributed by atoms with Gasteiger partial charge in [0.15, 0.2) is 0 Å². The van der Waals surface area contributed by atoms with E-state index < -0.39 is 17.9 Å². The van der Waals surface area contributed by atoms with Gasteiger partial charge in [0.1, 0.15) is 0 Å². The third-order valence-electron chi connectivity index (χ3n) is 6.51. The van der Waals surface area contributed by atoms with Crippen LogP contribution in [-0.4, -0.2) is 31.4 Å². The maximum absolute atomic E-state index is 14.3. The van der Waals surface area contributed by atoms with Crippen LogP contribution in [0.25, 0.3) is 11.8 Å². The van der Waals surface area contributed by atoms with Crippen molar-refractivity contribution in [2.45, 2.75) is 51.6 Å². The van der Waals surface area contributed by atoms with Crippen molar-refractivity contribution < 1.29 is 13.6 Å². The molecule has 4 heterocycles. The first-order valence-electron chi connectivity index (χ1n) is 10.9. The fourth-order valence-electron chi connectivity index (χ4n) is 4.99. The predicted molar refractivity (Wildman–Crippen MR) is 117 cm³/mol. The zero-order valence-electron chi connectivity index (χ0n) is 18.1. The first kappa shape index (κ1) is 20.5. The molecule has 2 fully saturated rings. The maximum Gasteiger partial charge on any atom is 0.250 e. The second-order valence-corrected chi connectivity index (χ2v) is 8.65. The minimum atomic E-state index is -0.851. The van der Waals surface area contributed by atoms with Crippen molar-refractivity contribution in [3.63, 3.8) is 0 Å². The van der Waals surface area contributed by atoms with Crippen molar-refractivity contribution in [1.29, 1.82) is 0 Å². The quantitative estimate of drug-likeness (QED) is 0.427. The number of carbonyl (C=O) groups is 1. The Morgan fingerprint density at radius 2 is 1.94 bits per heavy atom. The molecule has 5 nitrogen and oxygen atoms in total. The van der Waals surface area contributed by atoms with Crippen molar-refractivity contribution in [2.75, 3.05) is 0 Å². The molecule has 0 bridgehead atoms. The van der Waals surface area contributed by atoms with Gasteiger partial charge < -0.3 is 9.47 Å². The summed E-state index contributed by atoms with van der Waals surface area (Å²) in [7, 11) is 0. The number of hydrogen-bond acceptors (Lipinski definition) is 3. The Balaban J connectivity index is 1.43. The van der Waals surface area contributed by atoms with Gasteiger partial charge in [0.05, 0.1) is 18.1 Å². The third-order valence-corrected chi connectivity index (χ3v) is 6.51. The van der Waals surface area contributed by atoms with E-state index in [4.69, 9.17) is 0 Å². The molecule has 1 amide bonds. The SMILES string of the molecule is Cc1cn(-c2ccc(/C=C3\CC[C@H]4CC[C@@H](c5ccc(F)nc5F)N4C3=O)cc2C)cn1. The predicted octanol–water partition coefficient (Wildman–Crippen LogP) is 5.07. The van der Waals surface area contributed by atoms with E-state index in [-0.39, 0.29) is 11.9 Å². The third kappa shape index (κ3) is 3.61. The van der Waals surface area contributed by atoms with Crippen molar-refractivity contribution >= 4 is 12.0 Å². The minimum Gasteiger partial charge on any atom is -0.329 e. The summed E-state index contributed by atoms with van der Waals surface area (Å²) < 4.78 is 29.6. The van der Waals surface area contributed by atoms with Crippen LogP contribution in [0.4, 0.5) is 8.78 Å². The lowest BCUT2D eigenvalue weighted by atomic mass is 9.95. The van der Waals surface area contributed by atoms with Crippen molar-refractivity contribution in [1.82, 2.24) is 19.4 Å². The van der Waals surface area contributed by atoms with E-state index in [0.29, 0.717) is 24.0 Å². The molecule has 0 radical (unpaired) electrons. The first-order valence-corrected chi connectivity index (χ1v) is 10.9. The number of halogens is 2. The minimum absolute atomic E-state index is 0.0700. The van der Waals surface area contributed by atoms with E-state index in [1.807, 2.05) is 42.8 Å². The Morgan fingerprint density at radius 1 is 1.09 bits per heavy atom. The highest BCUT2D eigenvalue weighted by atomic mass is 19.1. The summed E-state index contributed by atoms with van der Waals surface area (Å²) in [4.78, 5) is 22.8. The number of pyridine rings is 1. The van der Waals surface area contributed by atoms with Crippen LogP contribution in [-0.2, 0) is 4.79 Å². The largest absolute Gasteiger partial charge is 0.329 e. The van der Waals surface area contributed by atoms with E-state index in [1.165, 1.54) is 6.07 Å². The smallest absolute Gasteiger partial charge is 0.250 e. The number of rotatable bonds is 3. The van der Waals surface area contributed by atoms with Gasteiger partial charge in [-0.25, -0.2) is 4.98 Å². The van der Waals surface area contributed by atoms with Gasteiger partial charge in [-0.2, -0.15) is 13.8 Å². The normalized spacial score (nSPS) is 21.9. The van der Waals surface area contributed by atoms with Gasteiger partial charge in [0, 0.05) is 29.1 Å². The molecule has 2 atom stereocenters. The van der Waals surface area contributed by atoms with Gasteiger partial charge in [-0.15, -0.1) is 0 Å². The van der Waals surface area contributed by atoms with E-state index >= 15 is 0 Å². The van der Waals surface area contributed by atoms with Gasteiger partial charge in [-0.05, 0) is 81.0 Å². The summed E-state index contributed by atoms with van der Waals surface area (Å²) in [6.07, 6.45) is 8.71. The summed E-state index contributed by atoms with van der Waals surface area (Å²) >= 11 is 0. The average Bonchev–Trinajstić information content (AvgIpc) is 3.37. The Bertz CT molecular complexity index is 1230. The molecule has 164 valence electrons. The van der Waals surface area contributed by atoms with Gasteiger partial charge in [-0.3, -0.25) is 4.79 Å². The lowest BCUT2D eigenvalue weighted by Crippen LogP contribution is -2.42. The molecule has 0 unspecified atom stereocenters. The van der Waals surface area contributed by atoms with Gasteiger partial charge in [-0.1, -0.05) is 6.07 Å². The second kappa shape index (κ2) is 7.97. The topological polar surface area (TPSA) is 51.0 Å². The lowest BCUT2D eigenvalue weighted by Gasteiger charge is -2.35. The number of fused-ring (bicyclic) bond motifs is 1. The summed E-state index contributed by atoms with van der Waals surface area (Å²) in [5.74, 6) is -1.75. The molecule has 0 spiro atoms. The Kier molecular flexibility index (Phi) is 5.12. The van der Waals surface area contributed by atoms with Gasteiger partial charge in [0.2, 0.25) is 11.9 Å². The summed E-state index contributed by atoms with van der Waals surface area (Å²) in [6.45, 7) is 3.98. The van der Waals surface area contributed by atoms with Crippen molar-refractivity contribution in [3.05, 3.63) is 82.7 Å². The highest BCUT2D eigenvalue weighted by molar-refractivity contribution is 5.99. The highest BCUT2D eigenvalue weighted by Crippen LogP contribution is 2.43. The molecule has 1 aromatic carbocycles. The Hall–Kier alpha value is -3.35. The van der Waals surface area contributed by atoms with Crippen LogP contribution >= 0.6 is 0 Å². The van der Waals surface area contributed by atoms with Crippen LogP contribution in [0, 0.1) is 25.7 Å². The summed E-state index contributed by atoms with van der Waals surface area (Å²) in [5.41, 5.74) is 5.04. The van der Waals surface area contributed by atoms with Crippen LogP contribution in [0.1, 0.15) is 54.1 Å². The molecule has 2 aliphatic heterocycles. The number of benzene rings is 1. The number of imidazole rings is 1. The van der Waals surface area contributed by atoms with Crippen LogP contribution in [0.2, 0.25) is 0 Å². The summed E-state index contributed by atoms with van der Waals surface area (Å²) in [5, 5.41) is 0. The van der Waals surface area contributed by atoms with Crippen molar-refractivity contribution in [2.24, 2.45) is 0 Å². The van der Waals surface area contributed by atoms with E-state index in [9.17, 15) is 13.6 Å². The first-order chi connectivity index (χ1) is 15.4. The number of aryl methyl sites for hydroxylation is 2. The van der Waals surface area contributed by atoms with Gasteiger partial charge in [0.25, 0.3) is 5.91 Å². The number of hydrogen-bond donors (Lipinski definition) is 0. The molecule has 0 saturated carbocycles. The zero-order valence-corrected chi connectivity index (χ0v) is 18.1. The molecule has 32 heavy (non-hydrogen) atoms. The molecule has 0 N–H and O–H groups in total.